The van der Waals surface area contributed by atoms with Gasteiger partial charge in [-0.15, -0.1) is 11.8 Å². The van der Waals surface area contributed by atoms with Crippen LogP contribution in [0.3, 0.4) is 0 Å². The number of nitrogens with two attached hydrogens (primary N) is 1. The number of thioether (sulfide) groups is 1. The number of halogens is 1. The zero-order valence-corrected chi connectivity index (χ0v) is 10.4. The summed E-state index contributed by atoms with van der Waals surface area (Å²) >= 11 is 5.31. The van der Waals surface area contributed by atoms with E-state index in [2.05, 4.69) is 28.1 Å². The average molecular weight is 272 g/mol. The molecule has 1 fully saturated rings. The fourth-order valence-electron chi connectivity index (χ4n) is 1.52. The Balaban J connectivity index is 1.94. The largest absolute Gasteiger partial charge is 0.398 e. The SMILES string of the molecule is Nc1cc(Br)ccc1SCC1CCC1. The van der Waals surface area contributed by atoms with E-state index >= 15 is 0 Å². The van der Waals surface area contributed by atoms with Gasteiger partial charge in [-0.05, 0) is 37.0 Å². The Morgan fingerprint density at radius 2 is 2.21 bits per heavy atom. The third kappa shape index (κ3) is 2.45. The molecule has 1 aliphatic carbocycles. The van der Waals surface area contributed by atoms with Crippen molar-refractivity contribution in [2.45, 2.75) is 24.2 Å². The zero-order valence-electron chi connectivity index (χ0n) is 8.00. The number of nitrogen functional groups attached to an aromatic ring is 1. The second-order valence-electron chi connectivity index (χ2n) is 3.79. The van der Waals surface area contributed by atoms with Crippen molar-refractivity contribution in [3.8, 4) is 0 Å². The van der Waals surface area contributed by atoms with Crippen LogP contribution in [0.5, 0.6) is 0 Å². The van der Waals surface area contributed by atoms with Crippen LogP contribution in [0.2, 0.25) is 0 Å². The number of hydrogen-bond donors (Lipinski definition) is 1. The van der Waals surface area contributed by atoms with Crippen LogP contribution in [0.4, 0.5) is 5.69 Å². The van der Waals surface area contributed by atoms with Crippen molar-refractivity contribution in [1.29, 1.82) is 0 Å². The van der Waals surface area contributed by atoms with E-state index in [9.17, 15) is 0 Å². The lowest BCUT2D eigenvalue weighted by Crippen LogP contribution is -2.13. The molecular weight excluding hydrogens is 258 g/mol. The molecular formula is C11H14BrNS. The molecule has 0 unspecified atom stereocenters. The standard InChI is InChI=1S/C11H14BrNS/c12-9-4-5-11(10(13)6-9)14-7-8-2-1-3-8/h4-6,8H,1-3,7,13H2. The Labute approximate surface area is 97.6 Å². The number of anilines is 1. The molecule has 1 aliphatic rings. The molecule has 1 aromatic rings. The lowest BCUT2D eigenvalue weighted by molar-refractivity contribution is 0.353. The summed E-state index contributed by atoms with van der Waals surface area (Å²) in [6, 6.07) is 6.13. The van der Waals surface area contributed by atoms with Gasteiger partial charge in [0.25, 0.3) is 0 Å². The maximum atomic E-state index is 5.92. The molecule has 1 aromatic carbocycles. The van der Waals surface area contributed by atoms with Crippen molar-refractivity contribution in [1.82, 2.24) is 0 Å². The fourth-order valence-corrected chi connectivity index (χ4v) is 3.04. The molecule has 0 amide bonds. The molecule has 0 heterocycles. The smallest absolute Gasteiger partial charge is 0.0463 e. The Hall–Kier alpha value is -0.150. The first-order valence-electron chi connectivity index (χ1n) is 4.93. The van der Waals surface area contributed by atoms with Crippen molar-refractivity contribution in [2.24, 2.45) is 5.92 Å². The maximum Gasteiger partial charge on any atom is 0.0463 e. The summed E-state index contributed by atoms with van der Waals surface area (Å²) < 4.78 is 1.06. The van der Waals surface area contributed by atoms with Crippen LogP contribution >= 0.6 is 27.7 Å². The summed E-state index contributed by atoms with van der Waals surface area (Å²) in [5, 5.41) is 0. The summed E-state index contributed by atoms with van der Waals surface area (Å²) in [5.41, 5.74) is 6.81. The predicted octanol–water partition coefficient (Wildman–Crippen LogP) is 3.92. The second kappa shape index (κ2) is 4.58. The predicted molar refractivity (Wildman–Crippen MR) is 66.6 cm³/mol. The molecule has 1 nitrogen and oxygen atoms in total. The molecule has 0 spiro atoms. The first-order chi connectivity index (χ1) is 6.75. The topological polar surface area (TPSA) is 26.0 Å². The van der Waals surface area contributed by atoms with Gasteiger partial charge in [0.2, 0.25) is 0 Å². The summed E-state index contributed by atoms with van der Waals surface area (Å²) in [6.07, 6.45) is 4.23. The van der Waals surface area contributed by atoms with E-state index in [4.69, 9.17) is 5.73 Å². The van der Waals surface area contributed by atoms with Crippen LogP contribution in [0.1, 0.15) is 19.3 Å². The maximum absolute atomic E-state index is 5.92. The Morgan fingerprint density at radius 1 is 1.43 bits per heavy atom. The molecule has 0 saturated heterocycles. The van der Waals surface area contributed by atoms with E-state index in [1.165, 1.54) is 29.9 Å². The molecule has 2 N–H and O–H groups in total. The van der Waals surface area contributed by atoms with E-state index < -0.39 is 0 Å². The molecule has 3 heteroatoms. The molecule has 0 atom stereocenters. The third-order valence-electron chi connectivity index (χ3n) is 2.67. The minimum absolute atomic E-state index is 0.892. The van der Waals surface area contributed by atoms with Crippen LogP contribution in [-0.4, -0.2) is 5.75 Å². The quantitative estimate of drug-likeness (QED) is 0.666. The van der Waals surface area contributed by atoms with Gasteiger partial charge in [-0.1, -0.05) is 22.4 Å². The average Bonchev–Trinajstić information content (AvgIpc) is 2.05. The van der Waals surface area contributed by atoms with Gasteiger partial charge in [0.15, 0.2) is 0 Å². The second-order valence-corrected chi connectivity index (χ2v) is 5.77. The molecule has 0 aromatic heterocycles. The highest BCUT2D eigenvalue weighted by molar-refractivity contribution is 9.10. The van der Waals surface area contributed by atoms with Crippen molar-refractivity contribution in [3.05, 3.63) is 22.7 Å². The first-order valence-corrected chi connectivity index (χ1v) is 6.71. The van der Waals surface area contributed by atoms with Gasteiger partial charge in [0, 0.05) is 20.8 Å². The highest BCUT2D eigenvalue weighted by Crippen LogP contribution is 2.35. The Morgan fingerprint density at radius 3 is 2.79 bits per heavy atom. The van der Waals surface area contributed by atoms with Gasteiger partial charge in [0.05, 0.1) is 0 Å². The molecule has 14 heavy (non-hydrogen) atoms. The molecule has 0 radical (unpaired) electrons. The Bertz CT molecular complexity index is 323. The summed E-state index contributed by atoms with van der Waals surface area (Å²) in [7, 11) is 0. The third-order valence-corrected chi connectivity index (χ3v) is 4.49. The highest BCUT2D eigenvalue weighted by Gasteiger charge is 2.17. The number of benzene rings is 1. The van der Waals surface area contributed by atoms with Crippen molar-refractivity contribution < 1.29 is 0 Å². The van der Waals surface area contributed by atoms with Gasteiger partial charge in [-0.25, -0.2) is 0 Å². The van der Waals surface area contributed by atoms with Gasteiger partial charge < -0.3 is 5.73 Å². The van der Waals surface area contributed by atoms with Crippen LogP contribution in [0.15, 0.2) is 27.6 Å². The van der Waals surface area contributed by atoms with Gasteiger partial charge in [0.1, 0.15) is 0 Å². The normalized spacial score (nSPS) is 16.6. The zero-order chi connectivity index (χ0) is 9.97. The molecule has 76 valence electrons. The van der Waals surface area contributed by atoms with Gasteiger partial charge in [-0.3, -0.25) is 0 Å². The van der Waals surface area contributed by atoms with Crippen LogP contribution in [0.25, 0.3) is 0 Å². The van der Waals surface area contributed by atoms with Crippen LogP contribution < -0.4 is 5.73 Å². The van der Waals surface area contributed by atoms with E-state index in [-0.39, 0.29) is 0 Å². The highest BCUT2D eigenvalue weighted by atomic mass is 79.9. The van der Waals surface area contributed by atoms with Gasteiger partial charge in [-0.2, -0.15) is 0 Å². The number of rotatable bonds is 3. The number of hydrogen-bond acceptors (Lipinski definition) is 2. The van der Waals surface area contributed by atoms with E-state index in [1.54, 1.807) is 0 Å². The lowest BCUT2D eigenvalue weighted by Gasteiger charge is -2.24. The lowest BCUT2D eigenvalue weighted by atomic mass is 9.87. The van der Waals surface area contributed by atoms with Crippen LogP contribution in [0, 0.1) is 5.92 Å². The molecule has 2 rings (SSSR count). The van der Waals surface area contributed by atoms with E-state index in [0.29, 0.717) is 0 Å². The molecule has 1 saturated carbocycles. The van der Waals surface area contributed by atoms with E-state index in [0.717, 1.165) is 16.1 Å². The molecule has 0 aliphatic heterocycles. The summed E-state index contributed by atoms with van der Waals surface area (Å²) in [6.45, 7) is 0. The Kier molecular flexibility index (Phi) is 3.39. The van der Waals surface area contributed by atoms with Crippen molar-refractivity contribution in [3.63, 3.8) is 0 Å². The van der Waals surface area contributed by atoms with Gasteiger partial charge >= 0.3 is 0 Å². The molecule has 0 bridgehead atoms. The van der Waals surface area contributed by atoms with E-state index in [1.807, 2.05) is 17.8 Å². The van der Waals surface area contributed by atoms with Crippen LogP contribution in [-0.2, 0) is 0 Å². The van der Waals surface area contributed by atoms with Crippen molar-refractivity contribution >= 4 is 33.4 Å². The fraction of sp³-hybridized carbons (Fsp3) is 0.455. The summed E-state index contributed by atoms with van der Waals surface area (Å²) in [4.78, 5) is 1.22. The minimum Gasteiger partial charge on any atom is -0.398 e. The van der Waals surface area contributed by atoms with Crippen molar-refractivity contribution in [2.75, 3.05) is 11.5 Å². The minimum atomic E-state index is 0.892. The first kappa shape index (κ1) is 10.4. The monoisotopic (exact) mass is 271 g/mol. The summed E-state index contributed by atoms with van der Waals surface area (Å²) in [5.74, 6) is 2.16.